The Bertz CT molecular complexity index is 400. The molecule has 1 aliphatic carbocycles. The second-order valence-electron chi connectivity index (χ2n) is 6.79. The molecular weight excluding hydrogens is 246 g/mol. The van der Waals surface area contributed by atoms with Crippen molar-refractivity contribution in [3.63, 3.8) is 0 Å². The number of nitrogens with zero attached hydrogens (tertiary/aromatic N) is 2. The minimum atomic E-state index is 0.501. The minimum Gasteiger partial charge on any atom is -0.310 e. The number of hydrogen-bond acceptors (Lipinski definition) is 2. The predicted octanol–water partition coefficient (Wildman–Crippen LogP) is 3.99. The smallest absolute Gasteiger partial charge is 0.0694 e. The lowest BCUT2D eigenvalue weighted by molar-refractivity contribution is 0.336. The average molecular weight is 277 g/mol. The third-order valence-electron chi connectivity index (χ3n) is 4.71. The van der Waals surface area contributed by atoms with E-state index in [1.165, 1.54) is 49.8 Å². The fraction of sp³-hybridized carbons (Fsp3) is 0.824. The van der Waals surface area contributed by atoms with Crippen LogP contribution in [0.5, 0.6) is 0 Å². The van der Waals surface area contributed by atoms with Crippen LogP contribution >= 0.6 is 0 Å². The van der Waals surface area contributed by atoms with E-state index >= 15 is 0 Å². The van der Waals surface area contributed by atoms with Gasteiger partial charge in [-0.2, -0.15) is 5.10 Å². The van der Waals surface area contributed by atoms with Gasteiger partial charge in [-0.05, 0) is 31.6 Å². The summed E-state index contributed by atoms with van der Waals surface area (Å²) in [7, 11) is 2.02. The molecule has 1 atom stereocenters. The highest BCUT2D eigenvalue weighted by Gasteiger charge is 2.19. The Balaban J connectivity index is 1.90. The third-order valence-corrected chi connectivity index (χ3v) is 4.71. The molecule has 0 spiro atoms. The summed E-state index contributed by atoms with van der Waals surface area (Å²) in [6.07, 6.45) is 10.7. The molecule has 3 heteroatoms. The van der Waals surface area contributed by atoms with Crippen molar-refractivity contribution in [3.8, 4) is 0 Å². The highest BCUT2D eigenvalue weighted by atomic mass is 15.3. The van der Waals surface area contributed by atoms with Gasteiger partial charge in [-0.1, -0.05) is 39.5 Å². The summed E-state index contributed by atoms with van der Waals surface area (Å²) in [5.74, 6) is 1.36. The molecule has 114 valence electrons. The maximum atomic E-state index is 4.59. The number of aromatic nitrogens is 2. The summed E-state index contributed by atoms with van der Waals surface area (Å²) in [5.41, 5.74) is 2.61. The average Bonchev–Trinajstić information content (AvgIpc) is 2.63. The zero-order chi connectivity index (χ0) is 14.5. The molecule has 20 heavy (non-hydrogen) atoms. The number of hydrogen-bond donors (Lipinski definition) is 1. The number of aryl methyl sites for hydroxylation is 1. The first-order valence-electron chi connectivity index (χ1n) is 8.33. The van der Waals surface area contributed by atoms with Gasteiger partial charge in [0, 0.05) is 31.4 Å². The summed E-state index contributed by atoms with van der Waals surface area (Å²) in [6.45, 7) is 7.77. The van der Waals surface area contributed by atoms with Crippen molar-refractivity contribution in [2.45, 2.75) is 77.8 Å². The van der Waals surface area contributed by atoms with Gasteiger partial charge >= 0.3 is 0 Å². The standard InChI is InChI=1S/C17H31N3/c1-13(2)17-16(12-20(4)19-17)11-18-14(3)15-9-7-5-6-8-10-15/h12-15,18H,5-11H2,1-4H3/t14-/m1/s1. The van der Waals surface area contributed by atoms with E-state index in [9.17, 15) is 0 Å². The lowest BCUT2D eigenvalue weighted by atomic mass is 9.93. The summed E-state index contributed by atoms with van der Waals surface area (Å²) in [6, 6.07) is 0.619. The van der Waals surface area contributed by atoms with Crippen molar-refractivity contribution in [1.82, 2.24) is 15.1 Å². The van der Waals surface area contributed by atoms with Crippen LogP contribution in [0.25, 0.3) is 0 Å². The van der Waals surface area contributed by atoms with Crippen LogP contribution in [0, 0.1) is 5.92 Å². The molecule has 1 fully saturated rings. The summed E-state index contributed by atoms with van der Waals surface area (Å²) in [4.78, 5) is 0. The van der Waals surface area contributed by atoms with E-state index in [0.29, 0.717) is 12.0 Å². The van der Waals surface area contributed by atoms with Gasteiger partial charge in [0.25, 0.3) is 0 Å². The molecule has 0 aromatic carbocycles. The molecule has 0 aliphatic heterocycles. The highest BCUT2D eigenvalue weighted by Crippen LogP contribution is 2.26. The molecule has 2 rings (SSSR count). The molecule has 1 N–H and O–H groups in total. The van der Waals surface area contributed by atoms with Crippen molar-refractivity contribution in [2.75, 3.05) is 0 Å². The van der Waals surface area contributed by atoms with Crippen LogP contribution in [0.2, 0.25) is 0 Å². The number of rotatable bonds is 5. The Morgan fingerprint density at radius 3 is 2.45 bits per heavy atom. The van der Waals surface area contributed by atoms with Gasteiger partial charge in [-0.15, -0.1) is 0 Å². The third kappa shape index (κ3) is 4.08. The van der Waals surface area contributed by atoms with Crippen molar-refractivity contribution >= 4 is 0 Å². The lowest BCUT2D eigenvalue weighted by Crippen LogP contribution is -2.33. The molecule has 1 heterocycles. The Hall–Kier alpha value is -0.830. The Morgan fingerprint density at radius 1 is 1.20 bits per heavy atom. The zero-order valence-corrected chi connectivity index (χ0v) is 13.7. The largest absolute Gasteiger partial charge is 0.310 e. The van der Waals surface area contributed by atoms with Gasteiger partial charge < -0.3 is 5.32 Å². The van der Waals surface area contributed by atoms with E-state index in [1.54, 1.807) is 0 Å². The normalized spacial score (nSPS) is 19.2. The van der Waals surface area contributed by atoms with E-state index in [2.05, 4.69) is 37.4 Å². The Morgan fingerprint density at radius 2 is 1.85 bits per heavy atom. The van der Waals surface area contributed by atoms with Gasteiger partial charge in [0.2, 0.25) is 0 Å². The molecule has 0 unspecified atom stereocenters. The van der Waals surface area contributed by atoms with Crippen LogP contribution in [0.4, 0.5) is 0 Å². The topological polar surface area (TPSA) is 29.9 Å². The monoisotopic (exact) mass is 277 g/mol. The summed E-state index contributed by atoms with van der Waals surface area (Å²) in [5, 5.41) is 8.34. The van der Waals surface area contributed by atoms with Crippen molar-refractivity contribution in [2.24, 2.45) is 13.0 Å². The van der Waals surface area contributed by atoms with Crippen LogP contribution < -0.4 is 5.32 Å². The van der Waals surface area contributed by atoms with Gasteiger partial charge in [-0.3, -0.25) is 4.68 Å². The number of nitrogens with one attached hydrogen (secondary N) is 1. The zero-order valence-electron chi connectivity index (χ0n) is 13.7. The quantitative estimate of drug-likeness (QED) is 0.825. The molecule has 0 radical (unpaired) electrons. The van der Waals surface area contributed by atoms with Crippen LogP contribution in [0.1, 0.15) is 76.5 Å². The van der Waals surface area contributed by atoms with Crippen molar-refractivity contribution < 1.29 is 0 Å². The van der Waals surface area contributed by atoms with Crippen molar-refractivity contribution in [1.29, 1.82) is 0 Å². The molecule has 1 saturated carbocycles. The summed E-state index contributed by atoms with van der Waals surface area (Å²) >= 11 is 0. The van der Waals surface area contributed by atoms with E-state index in [4.69, 9.17) is 0 Å². The molecule has 3 nitrogen and oxygen atoms in total. The van der Waals surface area contributed by atoms with Crippen LogP contribution in [0.3, 0.4) is 0 Å². The Labute approximate surface area is 124 Å². The molecule has 0 bridgehead atoms. The van der Waals surface area contributed by atoms with Gasteiger partial charge in [0.1, 0.15) is 0 Å². The fourth-order valence-corrected chi connectivity index (χ4v) is 3.43. The maximum absolute atomic E-state index is 4.59. The fourth-order valence-electron chi connectivity index (χ4n) is 3.43. The highest BCUT2D eigenvalue weighted by molar-refractivity contribution is 5.20. The van der Waals surface area contributed by atoms with Crippen LogP contribution in [0.15, 0.2) is 6.20 Å². The van der Waals surface area contributed by atoms with Crippen LogP contribution in [-0.2, 0) is 13.6 Å². The Kier molecular flexibility index (Phi) is 5.64. The predicted molar refractivity (Wildman–Crippen MR) is 84.8 cm³/mol. The molecule has 1 aromatic rings. The van der Waals surface area contributed by atoms with Gasteiger partial charge in [-0.25, -0.2) is 0 Å². The first-order chi connectivity index (χ1) is 9.58. The first kappa shape index (κ1) is 15.6. The first-order valence-corrected chi connectivity index (χ1v) is 8.33. The second-order valence-corrected chi connectivity index (χ2v) is 6.79. The molecule has 0 saturated heterocycles. The minimum absolute atomic E-state index is 0.501. The van der Waals surface area contributed by atoms with E-state index in [1.807, 2.05) is 11.7 Å². The van der Waals surface area contributed by atoms with Crippen LogP contribution in [-0.4, -0.2) is 15.8 Å². The maximum Gasteiger partial charge on any atom is 0.0694 e. The van der Waals surface area contributed by atoms with Gasteiger partial charge in [0.05, 0.1) is 5.69 Å². The van der Waals surface area contributed by atoms with Crippen molar-refractivity contribution in [3.05, 3.63) is 17.5 Å². The molecule has 1 aliphatic rings. The van der Waals surface area contributed by atoms with E-state index in [-0.39, 0.29) is 0 Å². The van der Waals surface area contributed by atoms with E-state index < -0.39 is 0 Å². The molecule has 0 amide bonds. The lowest BCUT2D eigenvalue weighted by Gasteiger charge is -2.23. The summed E-state index contributed by atoms with van der Waals surface area (Å²) < 4.78 is 1.95. The van der Waals surface area contributed by atoms with Gasteiger partial charge in [0.15, 0.2) is 0 Å². The van der Waals surface area contributed by atoms with E-state index in [0.717, 1.165) is 12.5 Å². The molecule has 1 aromatic heterocycles. The molecular formula is C17H31N3. The SMILES string of the molecule is CC(C)c1nn(C)cc1CN[C@H](C)C1CCCCCC1. The second kappa shape index (κ2) is 7.26.